The smallest absolute Gasteiger partial charge is 0.416 e. The molecule has 4 nitrogen and oxygen atoms in total. The van der Waals surface area contributed by atoms with Crippen LogP contribution >= 0.6 is 0 Å². The molecule has 1 amide bonds. The molecule has 25 heavy (non-hydrogen) atoms. The summed E-state index contributed by atoms with van der Waals surface area (Å²) in [5.41, 5.74) is -0.922. The number of hydrogen-bond donors (Lipinski definition) is 0. The van der Waals surface area contributed by atoms with Crippen molar-refractivity contribution in [3.8, 4) is 0 Å². The number of carbonyl (C=O) groups is 2. The second kappa shape index (κ2) is 6.69. The summed E-state index contributed by atoms with van der Waals surface area (Å²) in [7, 11) is 0. The van der Waals surface area contributed by atoms with Crippen LogP contribution < -0.4 is 0 Å². The number of fused-ring (bicyclic) bond motifs is 1. The van der Waals surface area contributed by atoms with Gasteiger partial charge in [0.05, 0.1) is 12.2 Å². The van der Waals surface area contributed by atoms with Gasteiger partial charge in [-0.15, -0.1) is 0 Å². The third-order valence-corrected chi connectivity index (χ3v) is 5.12. The van der Waals surface area contributed by atoms with Crippen molar-refractivity contribution in [2.24, 2.45) is 11.8 Å². The van der Waals surface area contributed by atoms with Gasteiger partial charge in [-0.05, 0) is 49.8 Å². The molecule has 1 aromatic carbocycles. The Morgan fingerprint density at radius 1 is 1.28 bits per heavy atom. The Bertz CT molecular complexity index is 674. The first kappa shape index (κ1) is 17.8. The summed E-state index contributed by atoms with van der Waals surface area (Å²) in [6, 6.07) is 3.64. The Hall–Kier alpha value is -2.05. The number of amides is 1. The Balaban J connectivity index is 1.89. The molecule has 1 saturated heterocycles. The van der Waals surface area contributed by atoms with Crippen LogP contribution in [-0.2, 0) is 15.7 Å². The Kier molecular flexibility index (Phi) is 4.75. The van der Waals surface area contributed by atoms with Gasteiger partial charge in [-0.1, -0.05) is 12.5 Å². The SMILES string of the molecule is CCOC(=O)[C@@H]1[C@H]2CCC[C@H]2CN1C(=O)c1cccc(C(F)(F)F)c1. The van der Waals surface area contributed by atoms with Gasteiger partial charge >= 0.3 is 12.1 Å². The van der Waals surface area contributed by atoms with Gasteiger partial charge in [0.1, 0.15) is 6.04 Å². The highest BCUT2D eigenvalue weighted by Crippen LogP contribution is 2.43. The van der Waals surface area contributed by atoms with E-state index in [1.807, 2.05) is 0 Å². The van der Waals surface area contributed by atoms with Gasteiger partial charge in [0.25, 0.3) is 5.91 Å². The Morgan fingerprint density at radius 2 is 2.04 bits per heavy atom. The highest BCUT2D eigenvalue weighted by atomic mass is 19.4. The molecule has 1 aliphatic carbocycles. The zero-order valence-corrected chi connectivity index (χ0v) is 13.9. The number of alkyl halides is 3. The van der Waals surface area contributed by atoms with Gasteiger partial charge in [-0.25, -0.2) is 4.79 Å². The predicted molar refractivity (Wildman–Crippen MR) is 83.7 cm³/mol. The second-order valence-electron chi connectivity index (χ2n) is 6.59. The minimum Gasteiger partial charge on any atom is -0.464 e. The van der Waals surface area contributed by atoms with Crippen molar-refractivity contribution in [1.82, 2.24) is 4.90 Å². The summed E-state index contributed by atoms with van der Waals surface area (Å²) in [4.78, 5) is 26.6. The van der Waals surface area contributed by atoms with Gasteiger partial charge in [-0.2, -0.15) is 13.2 Å². The van der Waals surface area contributed by atoms with E-state index in [4.69, 9.17) is 4.74 Å². The molecule has 1 saturated carbocycles. The van der Waals surface area contributed by atoms with Gasteiger partial charge < -0.3 is 9.64 Å². The summed E-state index contributed by atoms with van der Waals surface area (Å²) in [6.07, 6.45) is -1.76. The third-order valence-electron chi connectivity index (χ3n) is 5.12. The Morgan fingerprint density at radius 3 is 2.72 bits per heavy atom. The van der Waals surface area contributed by atoms with Gasteiger partial charge in [0.2, 0.25) is 0 Å². The minimum absolute atomic E-state index is 0.0359. The number of hydrogen-bond acceptors (Lipinski definition) is 3. The average molecular weight is 355 g/mol. The van der Waals surface area contributed by atoms with Crippen molar-refractivity contribution in [3.05, 3.63) is 35.4 Å². The van der Waals surface area contributed by atoms with Crippen molar-refractivity contribution in [2.45, 2.75) is 38.4 Å². The van der Waals surface area contributed by atoms with E-state index in [0.29, 0.717) is 6.54 Å². The van der Waals surface area contributed by atoms with Gasteiger partial charge in [0.15, 0.2) is 0 Å². The lowest BCUT2D eigenvalue weighted by molar-refractivity contribution is -0.149. The molecule has 7 heteroatoms. The summed E-state index contributed by atoms with van der Waals surface area (Å²) in [5.74, 6) is -0.756. The molecule has 1 aliphatic heterocycles. The zero-order valence-electron chi connectivity index (χ0n) is 13.9. The van der Waals surface area contributed by atoms with Crippen molar-refractivity contribution in [1.29, 1.82) is 0 Å². The van der Waals surface area contributed by atoms with E-state index in [9.17, 15) is 22.8 Å². The molecular formula is C18H20F3NO3. The van der Waals surface area contributed by atoms with E-state index in [2.05, 4.69) is 0 Å². The average Bonchev–Trinajstić information content (AvgIpc) is 3.14. The van der Waals surface area contributed by atoms with Crippen LogP contribution in [0.4, 0.5) is 13.2 Å². The van der Waals surface area contributed by atoms with Crippen LogP contribution in [0.25, 0.3) is 0 Å². The van der Waals surface area contributed by atoms with Crippen molar-refractivity contribution in [2.75, 3.05) is 13.2 Å². The molecule has 3 atom stereocenters. The number of rotatable bonds is 3. The van der Waals surface area contributed by atoms with Crippen LogP contribution in [0.3, 0.4) is 0 Å². The van der Waals surface area contributed by atoms with Crippen LogP contribution in [0, 0.1) is 11.8 Å². The van der Waals surface area contributed by atoms with Crippen LogP contribution in [0.1, 0.15) is 42.1 Å². The second-order valence-corrected chi connectivity index (χ2v) is 6.59. The molecule has 2 aliphatic rings. The normalized spacial score (nSPS) is 25.8. The van der Waals surface area contributed by atoms with E-state index in [0.717, 1.165) is 31.4 Å². The summed E-state index contributed by atoms with van der Waals surface area (Å²) in [5, 5.41) is 0. The van der Waals surface area contributed by atoms with Crippen molar-refractivity contribution < 1.29 is 27.5 Å². The standard InChI is InChI=1S/C18H20F3NO3/c1-2-25-17(24)15-14-8-4-6-12(14)10-22(15)16(23)11-5-3-7-13(9-11)18(19,20)21/h3,5,7,9,12,14-15H,2,4,6,8,10H2,1H3/t12-,14-,15-/m0/s1. The fraction of sp³-hybridized carbons (Fsp3) is 0.556. The summed E-state index contributed by atoms with van der Waals surface area (Å²) in [6.45, 7) is 2.29. The number of likely N-dealkylation sites (tertiary alicyclic amines) is 1. The molecule has 0 radical (unpaired) electrons. The first-order valence-electron chi connectivity index (χ1n) is 8.47. The van der Waals surface area contributed by atoms with E-state index >= 15 is 0 Å². The fourth-order valence-electron chi connectivity index (χ4n) is 4.04. The Labute approximate surface area is 143 Å². The molecule has 1 heterocycles. The predicted octanol–water partition coefficient (Wildman–Crippen LogP) is 3.51. The first-order valence-corrected chi connectivity index (χ1v) is 8.47. The molecule has 0 N–H and O–H groups in total. The highest BCUT2D eigenvalue weighted by Gasteiger charge is 2.50. The lowest BCUT2D eigenvalue weighted by atomic mass is 9.94. The largest absolute Gasteiger partial charge is 0.464 e. The fourth-order valence-corrected chi connectivity index (χ4v) is 4.04. The van der Waals surface area contributed by atoms with Crippen molar-refractivity contribution >= 4 is 11.9 Å². The van der Waals surface area contributed by atoms with E-state index < -0.39 is 29.7 Å². The van der Waals surface area contributed by atoms with Crippen LogP contribution in [-0.4, -0.2) is 36.0 Å². The lowest BCUT2D eigenvalue weighted by Crippen LogP contribution is -2.44. The number of benzene rings is 1. The molecular weight excluding hydrogens is 335 g/mol. The van der Waals surface area contributed by atoms with E-state index in [1.165, 1.54) is 17.0 Å². The highest BCUT2D eigenvalue weighted by molar-refractivity contribution is 5.97. The van der Waals surface area contributed by atoms with Gasteiger partial charge in [-0.3, -0.25) is 4.79 Å². The number of ether oxygens (including phenoxy) is 1. The van der Waals surface area contributed by atoms with Crippen molar-refractivity contribution in [3.63, 3.8) is 0 Å². The van der Waals surface area contributed by atoms with Crippen LogP contribution in [0.5, 0.6) is 0 Å². The third kappa shape index (κ3) is 3.37. The molecule has 0 spiro atoms. The van der Waals surface area contributed by atoms with E-state index in [1.54, 1.807) is 6.92 Å². The molecule has 3 rings (SSSR count). The number of nitrogens with zero attached hydrogens (tertiary/aromatic N) is 1. The topological polar surface area (TPSA) is 46.6 Å². The molecule has 136 valence electrons. The van der Waals surface area contributed by atoms with Gasteiger partial charge in [0, 0.05) is 12.1 Å². The summed E-state index contributed by atoms with van der Waals surface area (Å²) >= 11 is 0. The molecule has 0 bridgehead atoms. The van der Waals surface area contributed by atoms with Crippen LogP contribution in [0.2, 0.25) is 0 Å². The maximum absolute atomic E-state index is 12.9. The first-order chi connectivity index (χ1) is 11.8. The zero-order chi connectivity index (χ0) is 18.2. The number of esters is 1. The summed E-state index contributed by atoms with van der Waals surface area (Å²) < 4.78 is 43.8. The quantitative estimate of drug-likeness (QED) is 0.780. The monoisotopic (exact) mass is 355 g/mol. The maximum atomic E-state index is 12.9. The number of carbonyl (C=O) groups excluding carboxylic acids is 2. The maximum Gasteiger partial charge on any atom is 0.416 e. The molecule has 2 fully saturated rings. The lowest BCUT2D eigenvalue weighted by Gasteiger charge is -2.26. The number of halogens is 3. The molecule has 0 aromatic heterocycles. The minimum atomic E-state index is -4.52. The molecule has 0 unspecified atom stereocenters. The molecule has 1 aromatic rings. The van der Waals surface area contributed by atoms with E-state index in [-0.39, 0.29) is 24.0 Å². The van der Waals surface area contributed by atoms with Crippen LogP contribution in [0.15, 0.2) is 24.3 Å².